The summed E-state index contributed by atoms with van der Waals surface area (Å²) in [5, 5.41) is 1.87. The van der Waals surface area contributed by atoms with Gasteiger partial charge in [-0.15, -0.1) is 5.06 Å². The van der Waals surface area contributed by atoms with Crippen molar-refractivity contribution in [3.8, 4) is 0 Å². The second-order valence-electron chi connectivity index (χ2n) is 7.96. The number of hydroxylamine groups is 2. The van der Waals surface area contributed by atoms with Crippen molar-refractivity contribution in [3.05, 3.63) is 77.4 Å². The molecule has 1 saturated heterocycles. The van der Waals surface area contributed by atoms with Gasteiger partial charge in [-0.3, -0.25) is 4.79 Å². The van der Waals surface area contributed by atoms with E-state index in [4.69, 9.17) is 4.84 Å². The van der Waals surface area contributed by atoms with Gasteiger partial charge in [-0.05, 0) is 48.3 Å². The zero-order chi connectivity index (χ0) is 19.2. The third-order valence-electron chi connectivity index (χ3n) is 5.97. The zero-order valence-electron chi connectivity index (χ0n) is 16.5. The van der Waals surface area contributed by atoms with Gasteiger partial charge in [-0.1, -0.05) is 79.1 Å². The Balaban J connectivity index is 1.44. The molecule has 1 aliphatic carbocycles. The van der Waals surface area contributed by atoms with Crippen LogP contribution in [0.5, 0.6) is 0 Å². The van der Waals surface area contributed by atoms with Gasteiger partial charge in [-0.2, -0.15) is 0 Å². The molecule has 1 saturated carbocycles. The molecule has 28 heavy (non-hydrogen) atoms. The van der Waals surface area contributed by atoms with Gasteiger partial charge in [0, 0.05) is 13.1 Å². The van der Waals surface area contributed by atoms with Gasteiger partial charge in [0.15, 0.2) is 0 Å². The Labute approximate surface area is 168 Å². The van der Waals surface area contributed by atoms with Gasteiger partial charge < -0.3 is 4.84 Å². The summed E-state index contributed by atoms with van der Waals surface area (Å²) in [4.78, 5) is 17.9. The number of carbonyl (C=O) groups is 1. The van der Waals surface area contributed by atoms with E-state index in [0.717, 1.165) is 25.9 Å². The SMILES string of the molecule is O=C(CC1CCCC1)ON1CCC(=C(c2ccccc2)c2ccccc2)CC1. The highest BCUT2D eigenvalue weighted by molar-refractivity contribution is 5.82. The zero-order valence-corrected chi connectivity index (χ0v) is 16.5. The number of rotatable bonds is 5. The first-order valence-electron chi connectivity index (χ1n) is 10.6. The normalized spacial score (nSPS) is 18.2. The molecule has 0 aromatic heterocycles. The van der Waals surface area contributed by atoms with E-state index >= 15 is 0 Å². The lowest BCUT2D eigenvalue weighted by molar-refractivity contribution is -0.193. The van der Waals surface area contributed by atoms with Crippen molar-refractivity contribution in [1.82, 2.24) is 5.06 Å². The van der Waals surface area contributed by atoms with E-state index < -0.39 is 0 Å². The Hall–Kier alpha value is -2.39. The second-order valence-corrected chi connectivity index (χ2v) is 7.96. The summed E-state index contributed by atoms with van der Waals surface area (Å²) >= 11 is 0. The van der Waals surface area contributed by atoms with E-state index in [2.05, 4.69) is 60.7 Å². The van der Waals surface area contributed by atoms with Gasteiger partial charge in [0.1, 0.15) is 0 Å². The van der Waals surface area contributed by atoms with Crippen molar-refractivity contribution in [2.75, 3.05) is 13.1 Å². The first kappa shape index (κ1) is 18.9. The molecule has 0 unspecified atom stereocenters. The molecular formula is C25H29NO2. The second kappa shape index (κ2) is 9.20. The molecule has 1 heterocycles. The minimum absolute atomic E-state index is 0.0503. The number of nitrogens with zero attached hydrogens (tertiary/aromatic N) is 1. The lowest BCUT2D eigenvalue weighted by Crippen LogP contribution is -2.34. The predicted octanol–water partition coefficient (Wildman–Crippen LogP) is 5.62. The molecule has 2 fully saturated rings. The summed E-state index contributed by atoms with van der Waals surface area (Å²) in [6.07, 6.45) is 7.32. The highest BCUT2D eigenvalue weighted by Gasteiger charge is 2.24. The van der Waals surface area contributed by atoms with E-state index in [-0.39, 0.29) is 5.97 Å². The average molecular weight is 376 g/mol. The van der Waals surface area contributed by atoms with Crippen LogP contribution in [0, 0.1) is 5.92 Å². The quantitative estimate of drug-likeness (QED) is 0.679. The van der Waals surface area contributed by atoms with Crippen LogP contribution in [0.15, 0.2) is 66.2 Å². The van der Waals surface area contributed by atoms with Gasteiger partial charge in [-0.25, -0.2) is 0 Å². The van der Waals surface area contributed by atoms with Crippen molar-refractivity contribution < 1.29 is 9.63 Å². The molecule has 146 valence electrons. The highest BCUT2D eigenvalue weighted by Crippen LogP contribution is 2.33. The maximum Gasteiger partial charge on any atom is 0.325 e. The fourth-order valence-corrected chi connectivity index (χ4v) is 4.51. The monoisotopic (exact) mass is 375 g/mol. The smallest absolute Gasteiger partial charge is 0.325 e. The van der Waals surface area contributed by atoms with Crippen LogP contribution in [0.4, 0.5) is 0 Å². The third-order valence-corrected chi connectivity index (χ3v) is 5.97. The molecule has 4 rings (SSSR count). The third kappa shape index (κ3) is 4.71. The molecule has 3 nitrogen and oxygen atoms in total. The molecule has 0 spiro atoms. The number of benzene rings is 2. The molecule has 1 aliphatic heterocycles. The maximum absolute atomic E-state index is 12.2. The van der Waals surface area contributed by atoms with Crippen molar-refractivity contribution in [3.63, 3.8) is 0 Å². The van der Waals surface area contributed by atoms with Gasteiger partial charge in [0.2, 0.25) is 0 Å². The average Bonchev–Trinajstić information content (AvgIpc) is 3.24. The lowest BCUT2D eigenvalue weighted by atomic mass is 9.89. The summed E-state index contributed by atoms with van der Waals surface area (Å²) in [5.74, 6) is 0.487. The van der Waals surface area contributed by atoms with E-state index in [1.165, 1.54) is 48.0 Å². The summed E-state index contributed by atoms with van der Waals surface area (Å²) in [6.45, 7) is 1.55. The summed E-state index contributed by atoms with van der Waals surface area (Å²) in [7, 11) is 0. The van der Waals surface area contributed by atoms with Crippen molar-refractivity contribution in [2.45, 2.75) is 44.9 Å². The molecule has 0 bridgehead atoms. The van der Waals surface area contributed by atoms with Crippen LogP contribution in [0.2, 0.25) is 0 Å². The summed E-state index contributed by atoms with van der Waals surface area (Å²) in [6, 6.07) is 21.2. The molecule has 0 N–H and O–H groups in total. The number of hydrogen-bond acceptors (Lipinski definition) is 3. The van der Waals surface area contributed by atoms with E-state index in [1.54, 1.807) is 0 Å². The van der Waals surface area contributed by atoms with Crippen LogP contribution < -0.4 is 0 Å². The van der Waals surface area contributed by atoms with E-state index in [1.807, 2.05) is 5.06 Å². The highest BCUT2D eigenvalue weighted by atomic mass is 16.7. The molecule has 0 radical (unpaired) electrons. The first-order chi connectivity index (χ1) is 13.8. The lowest BCUT2D eigenvalue weighted by Gasteiger charge is -2.29. The molecule has 2 aromatic rings. The molecule has 3 heteroatoms. The first-order valence-corrected chi connectivity index (χ1v) is 10.6. The maximum atomic E-state index is 12.2. The molecule has 2 aromatic carbocycles. The van der Waals surface area contributed by atoms with Crippen molar-refractivity contribution >= 4 is 11.5 Å². The number of carbonyl (C=O) groups excluding carboxylic acids is 1. The largest absolute Gasteiger partial charge is 0.368 e. The van der Waals surface area contributed by atoms with Crippen LogP contribution in [0.3, 0.4) is 0 Å². The molecule has 0 atom stereocenters. The summed E-state index contributed by atoms with van der Waals surface area (Å²) in [5.41, 5.74) is 5.30. The number of piperidine rings is 1. The summed E-state index contributed by atoms with van der Waals surface area (Å²) < 4.78 is 0. The van der Waals surface area contributed by atoms with Crippen molar-refractivity contribution in [1.29, 1.82) is 0 Å². The van der Waals surface area contributed by atoms with Crippen molar-refractivity contribution in [2.24, 2.45) is 5.92 Å². The Morgan fingerprint density at radius 3 is 1.93 bits per heavy atom. The minimum Gasteiger partial charge on any atom is -0.368 e. The Morgan fingerprint density at radius 1 is 0.857 bits per heavy atom. The number of hydrogen-bond donors (Lipinski definition) is 0. The van der Waals surface area contributed by atoms with Gasteiger partial charge >= 0.3 is 5.97 Å². The molecule has 2 aliphatic rings. The van der Waals surface area contributed by atoms with E-state index in [0.29, 0.717) is 12.3 Å². The topological polar surface area (TPSA) is 29.5 Å². The standard InChI is InChI=1S/C25H29NO2/c27-24(19-20-9-7-8-10-20)28-26-17-15-23(16-18-26)25(21-11-3-1-4-12-21)22-13-5-2-6-14-22/h1-6,11-14,20H,7-10,15-19H2. The van der Waals surface area contributed by atoms with Crippen LogP contribution in [-0.2, 0) is 9.63 Å². The Morgan fingerprint density at radius 2 is 1.39 bits per heavy atom. The predicted molar refractivity (Wildman–Crippen MR) is 112 cm³/mol. The van der Waals surface area contributed by atoms with Crippen LogP contribution >= 0.6 is 0 Å². The Kier molecular flexibility index (Phi) is 6.23. The minimum atomic E-state index is -0.0503. The fraction of sp³-hybridized carbons (Fsp3) is 0.400. The molecular weight excluding hydrogens is 346 g/mol. The van der Waals surface area contributed by atoms with E-state index in [9.17, 15) is 4.79 Å². The fourth-order valence-electron chi connectivity index (χ4n) is 4.51. The van der Waals surface area contributed by atoms with Crippen LogP contribution in [0.25, 0.3) is 5.57 Å². The molecule has 0 amide bonds. The van der Waals surface area contributed by atoms with Crippen LogP contribution in [-0.4, -0.2) is 24.1 Å². The van der Waals surface area contributed by atoms with Crippen LogP contribution in [0.1, 0.15) is 56.1 Å². The Bertz CT molecular complexity index is 755. The van der Waals surface area contributed by atoms with Gasteiger partial charge in [0.05, 0.1) is 6.42 Å². The van der Waals surface area contributed by atoms with Gasteiger partial charge in [0.25, 0.3) is 0 Å².